The second-order valence-electron chi connectivity index (χ2n) is 7.88. The first-order chi connectivity index (χ1) is 13.6. The Morgan fingerprint density at radius 2 is 1.86 bits per heavy atom. The average molecular weight is 431 g/mol. The Morgan fingerprint density at radius 3 is 2.59 bits per heavy atom. The minimum atomic E-state index is -0.0105. The summed E-state index contributed by atoms with van der Waals surface area (Å²) in [6, 6.07) is 18.3. The van der Waals surface area contributed by atoms with Gasteiger partial charge in [-0.05, 0) is 30.0 Å². The van der Waals surface area contributed by atoms with Gasteiger partial charge in [-0.15, -0.1) is 12.4 Å². The molecule has 29 heavy (non-hydrogen) atoms. The minimum absolute atomic E-state index is 0. The zero-order valence-electron chi connectivity index (χ0n) is 16.6. The van der Waals surface area contributed by atoms with Crippen LogP contribution in [0, 0.1) is 5.41 Å². The van der Waals surface area contributed by atoms with Gasteiger partial charge >= 0.3 is 0 Å². The third kappa shape index (κ3) is 4.63. The lowest BCUT2D eigenvalue weighted by molar-refractivity contribution is 0.0746. The first-order valence-corrected chi connectivity index (χ1v) is 10.9. The first-order valence-electron chi connectivity index (χ1n) is 9.71. The number of furan rings is 1. The molecule has 1 atom stereocenters. The van der Waals surface area contributed by atoms with E-state index in [-0.39, 0.29) is 23.7 Å². The van der Waals surface area contributed by atoms with Crippen LogP contribution in [0.4, 0.5) is 0 Å². The summed E-state index contributed by atoms with van der Waals surface area (Å²) in [5.74, 6) is 2.13. The number of hydrogen-bond acceptors (Lipinski definition) is 4. The lowest BCUT2D eigenvalue weighted by Crippen LogP contribution is -2.34. The first kappa shape index (κ1) is 21.8. The molecule has 2 aromatic carbocycles. The summed E-state index contributed by atoms with van der Waals surface area (Å²) in [5.41, 5.74) is 8.99. The fourth-order valence-electron chi connectivity index (χ4n) is 3.77. The molecule has 0 radical (unpaired) electrons. The van der Waals surface area contributed by atoms with Gasteiger partial charge in [0.05, 0.1) is 0 Å². The maximum Gasteiger partial charge on any atom is 0.289 e. The largest absolute Gasteiger partial charge is 0.451 e. The SMILES string of the molecule is CC1(CN)CCN(C(=O)c2oc3ccccc3c2CSCc2ccccc2)C1.Cl. The summed E-state index contributed by atoms with van der Waals surface area (Å²) < 4.78 is 6.04. The molecule has 0 spiro atoms. The van der Waals surface area contributed by atoms with E-state index in [1.807, 2.05) is 35.2 Å². The van der Waals surface area contributed by atoms with Crippen molar-refractivity contribution in [3.8, 4) is 0 Å². The second-order valence-corrected chi connectivity index (χ2v) is 8.86. The number of carbonyl (C=O) groups excluding carboxylic acids is 1. The Kier molecular flexibility index (Phi) is 6.93. The maximum atomic E-state index is 13.3. The molecule has 2 N–H and O–H groups in total. The number of likely N-dealkylation sites (tertiary alicyclic amines) is 1. The quantitative estimate of drug-likeness (QED) is 0.591. The van der Waals surface area contributed by atoms with Crippen molar-refractivity contribution < 1.29 is 9.21 Å². The van der Waals surface area contributed by atoms with Gasteiger partial charge in [0.15, 0.2) is 5.76 Å². The van der Waals surface area contributed by atoms with Crippen LogP contribution in [0.3, 0.4) is 0 Å². The number of rotatable bonds is 6. The lowest BCUT2D eigenvalue weighted by Gasteiger charge is -2.22. The van der Waals surface area contributed by atoms with E-state index in [0.717, 1.165) is 41.0 Å². The van der Waals surface area contributed by atoms with E-state index < -0.39 is 0 Å². The summed E-state index contributed by atoms with van der Waals surface area (Å²) in [5, 5.41) is 1.03. The molecule has 154 valence electrons. The normalized spacial score (nSPS) is 18.8. The number of thioether (sulfide) groups is 1. The van der Waals surface area contributed by atoms with Crippen LogP contribution in [0.2, 0.25) is 0 Å². The zero-order chi connectivity index (χ0) is 19.6. The van der Waals surface area contributed by atoms with Crippen LogP contribution >= 0.6 is 24.2 Å². The molecule has 1 saturated heterocycles. The molecule has 1 aliphatic rings. The number of amides is 1. The molecule has 3 aromatic rings. The van der Waals surface area contributed by atoms with E-state index >= 15 is 0 Å². The minimum Gasteiger partial charge on any atom is -0.451 e. The number of nitrogens with two attached hydrogens (primary N) is 1. The van der Waals surface area contributed by atoms with Crippen LogP contribution in [0.15, 0.2) is 59.0 Å². The molecule has 4 rings (SSSR count). The van der Waals surface area contributed by atoms with Gasteiger partial charge in [0.1, 0.15) is 5.58 Å². The van der Waals surface area contributed by atoms with Crippen molar-refractivity contribution in [3.05, 3.63) is 71.5 Å². The van der Waals surface area contributed by atoms with Gasteiger partial charge in [0, 0.05) is 35.5 Å². The highest BCUT2D eigenvalue weighted by molar-refractivity contribution is 7.97. The molecule has 0 saturated carbocycles. The maximum absolute atomic E-state index is 13.3. The van der Waals surface area contributed by atoms with E-state index in [0.29, 0.717) is 18.8 Å². The number of halogens is 1. The molecule has 4 nitrogen and oxygen atoms in total. The molecule has 1 aliphatic heterocycles. The third-order valence-corrected chi connectivity index (χ3v) is 6.62. The fraction of sp³-hybridized carbons (Fsp3) is 0.348. The Morgan fingerprint density at radius 1 is 1.14 bits per heavy atom. The van der Waals surface area contributed by atoms with Gasteiger partial charge in [0.25, 0.3) is 5.91 Å². The highest BCUT2D eigenvalue weighted by Crippen LogP contribution is 2.34. The molecule has 1 fully saturated rings. The molecular formula is C23H27ClN2O2S. The average Bonchev–Trinajstić information content (AvgIpc) is 3.30. The zero-order valence-corrected chi connectivity index (χ0v) is 18.2. The van der Waals surface area contributed by atoms with E-state index in [9.17, 15) is 4.79 Å². The Bertz CT molecular complexity index is 975. The Hall–Kier alpha value is -1.95. The van der Waals surface area contributed by atoms with Gasteiger partial charge in [-0.1, -0.05) is 55.5 Å². The molecule has 1 aromatic heterocycles. The fourth-order valence-corrected chi connectivity index (χ4v) is 4.79. The predicted molar refractivity (Wildman–Crippen MR) is 123 cm³/mol. The smallest absolute Gasteiger partial charge is 0.289 e. The second kappa shape index (κ2) is 9.24. The van der Waals surface area contributed by atoms with Crippen molar-refractivity contribution in [2.45, 2.75) is 24.9 Å². The number of hydrogen-bond donors (Lipinski definition) is 1. The summed E-state index contributed by atoms with van der Waals surface area (Å²) in [6.07, 6.45) is 0.938. The number of para-hydroxylation sites is 1. The predicted octanol–water partition coefficient (Wildman–Crippen LogP) is 5.10. The van der Waals surface area contributed by atoms with Crippen LogP contribution in [0.25, 0.3) is 11.0 Å². The van der Waals surface area contributed by atoms with Crippen molar-refractivity contribution in [2.75, 3.05) is 19.6 Å². The molecule has 1 unspecified atom stereocenters. The highest BCUT2D eigenvalue weighted by atomic mass is 35.5. The number of carbonyl (C=O) groups is 1. The standard InChI is InChI=1S/C23H26N2O2S.ClH/c1-23(15-24)11-12-25(16-23)22(26)21-19(18-9-5-6-10-20(18)27-21)14-28-13-17-7-3-2-4-8-17;/h2-10H,11-16,24H2,1H3;1H. The highest BCUT2D eigenvalue weighted by Gasteiger charge is 2.37. The number of benzene rings is 2. The van der Waals surface area contributed by atoms with Crippen molar-refractivity contribution in [3.63, 3.8) is 0 Å². The molecule has 0 aliphatic carbocycles. The van der Waals surface area contributed by atoms with Crippen molar-refractivity contribution in [1.82, 2.24) is 4.90 Å². The monoisotopic (exact) mass is 430 g/mol. The van der Waals surface area contributed by atoms with Gasteiger partial charge in [-0.3, -0.25) is 4.79 Å². The van der Waals surface area contributed by atoms with Gasteiger partial charge in [-0.25, -0.2) is 0 Å². The third-order valence-electron chi connectivity index (χ3n) is 5.59. The van der Waals surface area contributed by atoms with Crippen molar-refractivity contribution in [2.24, 2.45) is 11.1 Å². The van der Waals surface area contributed by atoms with Crippen LogP contribution in [0.1, 0.15) is 35.0 Å². The number of fused-ring (bicyclic) bond motifs is 1. The van der Waals surface area contributed by atoms with Crippen molar-refractivity contribution >= 4 is 41.0 Å². The number of nitrogens with zero attached hydrogens (tertiary/aromatic N) is 1. The molecule has 0 bridgehead atoms. The van der Waals surface area contributed by atoms with E-state index in [2.05, 4.69) is 31.2 Å². The van der Waals surface area contributed by atoms with Gasteiger partial charge < -0.3 is 15.1 Å². The Labute approximate surface area is 182 Å². The summed E-state index contributed by atoms with van der Waals surface area (Å²) in [7, 11) is 0. The van der Waals surface area contributed by atoms with E-state index in [1.54, 1.807) is 11.8 Å². The summed E-state index contributed by atoms with van der Waals surface area (Å²) in [6.45, 7) is 4.17. The van der Waals surface area contributed by atoms with Crippen LogP contribution in [0.5, 0.6) is 0 Å². The van der Waals surface area contributed by atoms with Gasteiger partial charge in [0.2, 0.25) is 0 Å². The van der Waals surface area contributed by atoms with E-state index in [4.69, 9.17) is 10.2 Å². The Balaban J connectivity index is 0.00000240. The lowest BCUT2D eigenvalue weighted by atomic mass is 9.90. The van der Waals surface area contributed by atoms with Crippen LogP contribution in [-0.2, 0) is 11.5 Å². The van der Waals surface area contributed by atoms with Crippen LogP contribution < -0.4 is 5.73 Å². The van der Waals surface area contributed by atoms with Gasteiger partial charge in [-0.2, -0.15) is 11.8 Å². The summed E-state index contributed by atoms with van der Waals surface area (Å²) in [4.78, 5) is 15.2. The topological polar surface area (TPSA) is 59.5 Å². The molecule has 6 heteroatoms. The van der Waals surface area contributed by atoms with Crippen molar-refractivity contribution in [1.29, 1.82) is 0 Å². The molecular weight excluding hydrogens is 404 g/mol. The molecule has 1 amide bonds. The van der Waals surface area contributed by atoms with E-state index in [1.165, 1.54) is 5.56 Å². The molecule has 2 heterocycles. The van der Waals surface area contributed by atoms with Crippen LogP contribution in [-0.4, -0.2) is 30.4 Å². The summed E-state index contributed by atoms with van der Waals surface area (Å²) >= 11 is 1.81.